The fourth-order valence-electron chi connectivity index (χ4n) is 3.13. The van der Waals surface area contributed by atoms with Crippen LogP contribution in [0.5, 0.6) is 0 Å². The molecule has 1 heterocycles. The molecular weight excluding hydrogens is 336 g/mol. The van der Waals surface area contributed by atoms with Gasteiger partial charge in [-0.25, -0.2) is 0 Å². The third-order valence-corrected chi connectivity index (χ3v) is 4.83. The van der Waals surface area contributed by atoms with E-state index in [2.05, 4.69) is 52.7 Å². The number of hydrogen-bond acceptors (Lipinski definition) is 1. The second-order valence-electron chi connectivity index (χ2n) is 6.34. The lowest BCUT2D eigenvalue weighted by Gasteiger charge is -2.34. The average molecular weight is 354 g/mol. The summed E-state index contributed by atoms with van der Waals surface area (Å²) in [5, 5.41) is 0.753. The maximum absolute atomic E-state index is 6.36. The minimum atomic E-state index is 0.112. The summed E-state index contributed by atoms with van der Waals surface area (Å²) in [4.78, 5) is 0. The topological polar surface area (TPSA) is 30.9 Å². The van der Waals surface area contributed by atoms with Gasteiger partial charge >= 0.3 is 0 Å². The molecule has 1 unspecified atom stereocenters. The van der Waals surface area contributed by atoms with E-state index in [4.69, 9.17) is 17.3 Å². The molecule has 0 amide bonds. The number of aromatic nitrogens is 1. The van der Waals surface area contributed by atoms with Crippen molar-refractivity contribution in [1.82, 2.24) is 4.57 Å². The van der Waals surface area contributed by atoms with Crippen molar-refractivity contribution in [2.75, 3.05) is 0 Å². The summed E-state index contributed by atoms with van der Waals surface area (Å²) >= 11 is 9.88. The van der Waals surface area contributed by atoms with Crippen LogP contribution in [0.3, 0.4) is 0 Å². The van der Waals surface area contributed by atoms with E-state index in [0.29, 0.717) is 0 Å². The second kappa shape index (κ2) is 4.90. The Kier molecular flexibility index (Phi) is 3.47. The van der Waals surface area contributed by atoms with Gasteiger partial charge in [0, 0.05) is 22.4 Å². The molecule has 20 heavy (non-hydrogen) atoms. The smallest absolute Gasteiger partial charge is 0.0650 e. The predicted octanol–water partition coefficient (Wildman–Crippen LogP) is 4.87. The highest BCUT2D eigenvalue weighted by Crippen LogP contribution is 2.41. The van der Waals surface area contributed by atoms with Crippen LogP contribution >= 0.6 is 27.5 Å². The maximum Gasteiger partial charge on any atom is 0.0650 e. The number of halogens is 2. The van der Waals surface area contributed by atoms with Gasteiger partial charge in [-0.2, -0.15) is 0 Å². The van der Waals surface area contributed by atoms with Gasteiger partial charge in [-0.15, -0.1) is 0 Å². The van der Waals surface area contributed by atoms with E-state index in [1.165, 1.54) is 11.3 Å². The molecule has 1 aromatic heterocycles. The van der Waals surface area contributed by atoms with Gasteiger partial charge in [0.05, 0.1) is 10.7 Å². The van der Waals surface area contributed by atoms with Crippen molar-refractivity contribution in [2.45, 2.75) is 32.7 Å². The third kappa shape index (κ3) is 2.43. The molecule has 1 atom stereocenters. The Morgan fingerprint density at radius 2 is 2.10 bits per heavy atom. The third-order valence-electron chi connectivity index (χ3n) is 4.01. The summed E-state index contributed by atoms with van der Waals surface area (Å²) in [5.74, 6) is 0. The molecule has 1 aliphatic rings. The molecule has 4 heteroatoms. The molecule has 0 aliphatic heterocycles. The lowest BCUT2D eigenvalue weighted by Crippen LogP contribution is -2.30. The Morgan fingerprint density at radius 1 is 1.35 bits per heavy atom. The van der Waals surface area contributed by atoms with Crippen molar-refractivity contribution in [1.29, 1.82) is 0 Å². The summed E-state index contributed by atoms with van der Waals surface area (Å²) in [6.45, 7) is 4.55. The molecule has 0 saturated carbocycles. The Morgan fingerprint density at radius 3 is 2.85 bits per heavy atom. The summed E-state index contributed by atoms with van der Waals surface area (Å²) in [6.07, 6.45) is 4.13. The van der Waals surface area contributed by atoms with E-state index in [1.807, 2.05) is 12.1 Å². The largest absolute Gasteiger partial charge is 0.324 e. The first-order chi connectivity index (χ1) is 9.37. The number of benzene rings is 1. The molecule has 0 bridgehead atoms. The number of fused-ring (bicyclic) bond motifs is 1. The lowest BCUT2D eigenvalue weighted by atomic mass is 9.74. The molecule has 106 valence electrons. The van der Waals surface area contributed by atoms with Crippen LogP contribution in [0, 0.1) is 5.41 Å². The zero-order chi connectivity index (χ0) is 14.5. The Labute approximate surface area is 133 Å². The van der Waals surface area contributed by atoms with Gasteiger partial charge in [-0.3, -0.25) is 0 Å². The molecule has 0 fully saturated rings. The highest BCUT2D eigenvalue weighted by atomic mass is 79.9. The maximum atomic E-state index is 6.36. The van der Waals surface area contributed by atoms with Crippen molar-refractivity contribution >= 4 is 27.5 Å². The van der Waals surface area contributed by atoms with E-state index in [9.17, 15) is 0 Å². The molecule has 0 radical (unpaired) electrons. The minimum Gasteiger partial charge on any atom is -0.324 e. The second-order valence-corrected chi connectivity index (χ2v) is 7.66. The van der Waals surface area contributed by atoms with E-state index in [1.54, 1.807) is 0 Å². The summed E-state index contributed by atoms with van der Waals surface area (Å²) in [5.41, 5.74) is 10.1. The van der Waals surface area contributed by atoms with Crippen LogP contribution in [0.1, 0.15) is 37.6 Å². The molecule has 2 N–H and O–H groups in total. The van der Waals surface area contributed by atoms with Gasteiger partial charge in [-0.05, 0) is 48.1 Å². The fourth-order valence-corrected chi connectivity index (χ4v) is 3.69. The van der Waals surface area contributed by atoms with E-state index < -0.39 is 0 Å². The highest BCUT2D eigenvalue weighted by Gasteiger charge is 2.32. The molecule has 2 nitrogen and oxygen atoms in total. The number of nitrogens with two attached hydrogens (primary N) is 1. The monoisotopic (exact) mass is 352 g/mol. The first-order valence-electron chi connectivity index (χ1n) is 6.78. The van der Waals surface area contributed by atoms with Crippen LogP contribution in [0.15, 0.2) is 34.9 Å². The molecule has 3 rings (SSSR count). The van der Waals surface area contributed by atoms with Crippen LogP contribution in [0.4, 0.5) is 0 Å². The molecule has 0 saturated heterocycles. The summed E-state index contributed by atoms with van der Waals surface area (Å²) < 4.78 is 3.21. The Bertz CT molecular complexity index is 660. The van der Waals surface area contributed by atoms with Gasteiger partial charge in [0.25, 0.3) is 0 Å². The van der Waals surface area contributed by atoms with Crippen molar-refractivity contribution in [3.05, 3.63) is 51.2 Å². The predicted molar refractivity (Wildman–Crippen MR) is 87.5 cm³/mol. The number of rotatable bonds is 1. The number of hydrogen-bond donors (Lipinski definition) is 1. The minimum absolute atomic E-state index is 0.112. The lowest BCUT2D eigenvalue weighted by molar-refractivity contribution is 0.278. The first kappa shape index (κ1) is 14.2. The van der Waals surface area contributed by atoms with Crippen molar-refractivity contribution < 1.29 is 0 Å². The molecule has 2 aromatic rings. The standard InChI is InChI=1S/C16H18BrClN2/c1-16(2)8-13(19)11-5-6-20(15(11)9-16)14-7-10(17)3-4-12(14)18/h3-7,13H,8-9,19H2,1-2H3. The van der Waals surface area contributed by atoms with Crippen molar-refractivity contribution in [3.8, 4) is 5.69 Å². The molecule has 0 spiro atoms. The quantitative estimate of drug-likeness (QED) is 0.779. The van der Waals surface area contributed by atoms with Gasteiger partial charge in [0.1, 0.15) is 0 Å². The highest BCUT2D eigenvalue weighted by molar-refractivity contribution is 9.10. The zero-order valence-electron chi connectivity index (χ0n) is 11.7. The van der Waals surface area contributed by atoms with Crippen LogP contribution in [-0.4, -0.2) is 4.57 Å². The Balaban J connectivity index is 2.16. The normalized spacial score (nSPS) is 20.8. The summed E-state index contributed by atoms with van der Waals surface area (Å²) in [7, 11) is 0. The van der Waals surface area contributed by atoms with E-state index in [-0.39, 0.29) is 11.5 Å². The van der Waals surface area contributed by atoms with E-state index >= 15 is 0 Å². The van der Waals surface area contributed by atoms with Gasteiger partial charge in [0.2, 0.25) is 0 Å². The zero-order valence-corrected chi connectivity index (χ0v) is 14.0. The van der Waals surface area contributed by atoms with Crippen LogP contribution in [-0.2, 0) is 6.42 Å². The van der Waals surface area contributed by atoms with Crippen LogP contribution in [0.2, 0.25) is 5.02 Å². The average Bonchev–Trinajstić information content (AvgIpc) is 2.74. The van der Waals surface area contributed by atoms with Crippen LogP contribution < -0.4 is 5.73 Å². The molecule has 1 aromatic carbocycles. The van der Waals surface area contributed by atoms with Gasteiger partial charge < -0.3 is 10.3 Å². The summed E-state index contributed by atoms with van der Waals surface area (Å²) in [6, 6.07) is 8.17. The fraction of sp³-hybridized carbons (Fsp3) is 0.375. The molecular formula is C16H18BrClN2. The Hall–Kier alpha value is -0.770. The SMILES string of the molecule is CC1(C)Cc2c(ccn2-c2cc(Br)ccc2Cl)C(N)C1. The molecule has 1 aliphatic carbocycles. The van der Waals surface area contributed by atoms with Crippen LogP contribution in [0.25, 0.3) is 5.69 Å². The van der Waals surface area contributed by atoms with Gasteiger partial charge in [0.15, 0.2) is 0 Å². The van der Waals surface area contributed by atoms with Gasteiger partial charge in [-0.1, -0.05) is 41.4 Å². The first-order valence-corrected chi connectivity index (χ1v) is 7.96. The van der Waals surface area contributed by atoms with E-state index in [0.717, 1.165) is 28.0 Å². The van der Waals surface area contributed by atoms with Crippen molar-refractivity contribution in [3.63, 3.8) is 0 Å². The van der Waals surface area contributed by atoms with Crippen molar-refractivity contribution in [2.24, 2.45) is 11.1 Å². The number of nitrogens with zero attached hydrogens (tertiary/aromatic N) is 1.